The lowest BCUT2D eigenvalue weighted by Crippen LogP contribution is -2.56. The van der Waals surface area contributed by atoms with Gasteiger partial charge in [0.15, 0.2) is 11.6 Å². The van der Waals surface area contributed by atoms with E-state index in [1.807, 2.05) is 30.3 Å². The van der Waals surface area contributed by atoms with E-state index in [1.165, 1.54) is 7.11 Å². The Morgan fingerprint density at radius 3 is 2.49 bits per heavy atom. The molecule has 2 aliphatic heterocycles. The number of urea groups is 2. The summed E-state index contributed by atoms with van der Waals surface area (Å²) in [5.74, 6) is -3.84. The topological polar surface area (TPSA) is 135 Å². The van der Waals surface area contributed by atoms with Gasteiger partial charge in [0.25, 0.3) is 0 Å². The second-order valence-corrected chi connectivity index (χ2v) is 11.2. The van der Waals surface area contributed by atoms with Gasteiger partial charge in [-0.2, -0.15) is 5.26 Å². The minimum absolute atomic E-state index is 0.0769. The molecule has 2 heterocycles. The summed E-state index contributed by atoms with van der Waals surface area (Å²) in [6.07, 6.45) is 3.43. The molecule has 3 N–H and O–H groups in total. The van der Waals surface area contributed by atoms with Gasteiger partial charge in [-0.25, -0.2) is 28.1 Å². The van der Waals surface area contributed by atoms with E-state index in [4.69, 9.17) is 4.74 Å². The summed E-state index contributed by atoms with van der Waals surface area (Å²) in [5.41, 5.74) is -0.0647. The van der Waals surface area contributed by atoms with E-state index in [-0.39, 0.29) is 35.5 Å². The molecule has 2 aromatic carbocycles. The molecule has 10 nitrogen and oxygen atoms in total. The second kappa shape index (κ2) is 12.5. The summed E-state index contributed by atoms with van der Waals surface area (Å²) in [7, 11) is 1.31. The first-order valence-electron chi connectivity index (χ1n) is 14.2. The molecule has 1 saturated heterocycles. The molecule has 1 saturated carbocycles. The van der Waals surface area contributed by atoms with E-state index in [0.717, 1.165) is 43.3 Å². The van der Waals surface area contributed by atoms with Gasteiger partial charge < -0.3 is 25.4 Å². The van der Waals surface area contributed by atoms with Gasteiger partial charge in [0, 0.05) is 32.3 Å². The van der Waals surface area contributed by atoms with Gasteiger partial charge in [-0.15, -0.1) is 0 Å². The van der Waals surface area contributed by atoms with Crippen molar-refractivity contribution in [1.82, 2.24) is 20.4 Å². The molecule has 1 aliphatic carbocycles. The van der Waals surface area contributed by atoms with Crippen LogP contribution in [0.25, 0.3) is 0 Å². The molecular formula is C31H33F2N5O5. The van der Waals surface area contributed by atoms with Gasteiger partial charge >= 0.3 is 18.0 Å². The molecule has 4 amide bonds. The predicted molar refractivity (Wildman–Crippen MR) is 151 cm³/mol. The summed E-state index contributed by atoms with van der Waals surface area (Å²) < 4.78 is 33.0. The van der Waals surface area contributed by atoms with Gasteiger partial charge in [0.05, 0.1) is 29.4 Å². The number of nitrogens with zero attached hydrogens (tertiary/aromatic N) is 3. The Labute approximate surface area is 247 Å². The number of amides is 4. The molecule has 2 fully saturated rings. The number of imide groups is 1. The highest BCUT2D eigenvalue weighted by Crippen LogP contribution is 2.38. The van der Waals surface area contributed by atoms with Crippen molar-refractivity contribution in [3.8, 4) is 6.07 Å². The fourth-order valence-electron chi connectivity index (χ4n) is 6.54. The van der Waals surface area contributed by atoms with Crippen LogP contribution < -0.4 is 10.6 Å². The number of nitrogens with one attached hydrogen (secondary N) is 2. The third kappa shape index (κ3) is 5.96. The Morgan fingerprint density at radius 1 is 1.14 bits per heavy atom. The van der Waals surface area contributed by atoms with Crippen molar-refractivity contribution in [2.24, 2.45) is 0 Å². The van der Waals surface area contributed by atoms with E-state index in [1.54, 1.807) is 0 Å². The number of carboxylic acid groups (broad SMARTS) is 1. The maximum atomic E-state index is 14.2. The van der Waals surface area contributed by atoms with E-state index in [0.29, 0.717) is 30.6 Å². The Morgan fingerprint density at radius 2 is 1.86 bits per heavy atom. The number of likely N-dealkylation sites (tertiary alicyclic amines) is 1. The first-order valence-corrected chi connectivity index (χ1v) is 14.2. The first-order chi connectivity index (χ1) is 20.7. The minimum atomic E-state index is -1.53. The van der Waals surface area contributed by atoms with Crippen molar-refractivity contribution in [3.05, 3.63) is 82.6 Å². The summed E-state index contributed by atoms with van der Waals surface area (Å²) in [6, 6.07) is 11.7. The number of nitriles is 1. The van der Waals surface area contributed by atoms with Crippen molar-refractivity contribution in [2.75, 3.05) is 26.8 Å². The smallest absolute Gasteiger partial charge is 0.335 e. The Kier molecular flexibility index (Phi) is 8.75. The molecule has 3 aliphatic rings. The van der Waals surface area contributed by atoms with Crippen LogP contribution in [0.4, 0.5) is 18.4 Å². The van der Waals surface area contributed by atoms with Gasteiger partial charge in [-0.05, 0) is 55.4 Å². The molecule has 226 valence electrons. The van der Waals surface area contributed by atoms with Gasteiger partial charge in [-0.1, -0.05) is 36.4 Å². The van der Waals surface area contributed by atoms with Crippen molar-refractivity contribution >= 4 is 18.0 Å². The molecule has 0 aromatic heterocycles. The molecule has 3 atom stereocenters. The maximum Gasteiger partial charge on any atom is 0.335 e. The predicted octanol–water partition coefficient (Wildman–Crippen LogP) is 4.20. The average Bonchev–Trinajstić information content (AvgIpc) is 3.47. The highest BCUT2D eigenvalue weighted by Gasteiger charge is 2.44. The number of piperidine rings is 1. The third-order valence-corrected chi connectivity index (χ3v) is 8.77. The SMILES string of the molecule is COCC1=C(C(=O)O)[C@H](c2ccc(F)c(F)c2)N(C(=O)N[C@@H]2CC[C@@H](N3CCC(C#N)(c4ccccc4)CC3)C2)C(=O)N1. The number of ether oxygens (including phenoxy) is 1. The molecule has 0 radical (unpaired) electrons. The summed E-state index contributed by atoms with van der Waals surface area (Å²) in [4.78, 5) is 42.2. The van der Waals surface area contributed by atoms with Crippen molar-refractivity contribution in [2.45, 2.75) is 55.6 Å². The van der Waals surface area contributed by atoms with E-state index >= 15 is 0 Å². The van der Waals surface area contributed by atoms with Crippen LogP contribution in [0.15, 0.2) is 59.8 Å². The number of methoxy groups -OCH3 is 1. The Bertz CT molecular complexity index is 1470. The zero-order chi connectivity index (χ0) is 30.7. The normalized spacial score (nSPS) is 23.9. The maximum absolute atomic E-state index is 14.2. The largest absolute Gasteiger partial charge is 0.478 e. The number of hydrogen-bond acceptors (Lipinski definition) is 6. The van der Waals surface area contributed by atoms with Crippen LogP contribution in [0.5, 0.6) is 0 Å². The first kappa shape index (κ1) is 30.1. The Balaban J connectivity index is 1.31. The van der Waals surface area contributed by atoms with E-state index < -0.39 is 41.1 Å². The monoisotopic (exact) mass is 593 g/mol. The van der Waals surface area contributed by atoms with E-state index in [2.05, 4.69) is 21.6 Å². The zero-order valence-electron chi connectivity index (χ0n) is 23.7. The van der Waals surface area contributed by atoms with Crippen LogP contribution in [0.3, 0.4) is 0 Å². The number of carbonyl (C=O) groups is 3. The van der Waals surface area contributed by atoms with Crippen LogP contribution in [-0.2, 0) is 14.9 Å². The highest BCUT2D eigenvalue weighted by molar-refractivity contribution is 6.01. The van der Waals surface area contributed by atoms with Gasteiger partial charge in [-0.3, -0.25) is 0 Å². The molecule has 0 spiro atoms. The molecular weight excluding hydrogens is 560 g/mol. The lowest BCUT2D eigenvalue weighted by molar-refractivity contribution is -0.133. The fourth-order valence-corrected chi connectivity index (χ4v) is 6.54. The number of carbonyl (C=O) groups excluding carboxylic acids is 2. The number of halogens is 2. The molecule has 2 aromatic rings. The lowest BCUT2D eigenvalue weighted by atomic mass is 9.74. The number of carboxylic acids is 1. The minimum Gasteiger partial charge on any atom is -0.478 e. The zero-order valence-corrected chi connectivity index (χ0v) is 23.7. The molecule has 43 heavy (non-hydrogen) atoms. The quantitative estimate of drug-likeness (QED) is 0.438. The summed E-state index contributed by atoms with van der Waals surface area (Å²) >= 11 is 0. The van der Waals surface area contributed by atoms with E-state index in [9.17, 15) is 33.5 Å². The standard InChI is InChI=1S/C31H33F2N5O5/c1-43-17-25-26(28(39)40)27(19-7-10-23(32)24(33)15-19)38(30(42)36-25)29(41)35-21-8-9-22(16-21)37-13-11-31(18-34,12-14-37)20-5-3-2-4-6-20/h2-7,10,15,21-22,27H,8-9,11-14,16-17H2,1H3,(H,35,41)(H,36,42)(H,39,40)/t21-,22-,27+/m1/s1. The number of rotatable bonds is 7. The second-order valence-electron chi connectivity index (χ2n) is 11.2. The van der Waals surface area contributed by atoms with Crippen LogP contribution in [-0.4, -0.2) is 71.8 Å². The number of hydrogen-bond donors (Lipinski definition) is 3. The van der Waals surface area contributed by atoms with Gasteiger partial charge in [0.2, 0.25) is 0 Å². The summed E-state index contributed by atoms with van der Waals surface area (Å²) in [5, 5.41) is 25.4. The average molecular weight is 594 g/mol. The van der Waals surface area contributed by atoms with Crippen molar-refractivity contribution in [1.29, 1.82) is 5.26 Å². The molecule has 0 unspecified atom stereocenters. The summed E-state index contributed by atoms with van der Waals surface area (Å²) in [6.45, 7) is 1.19. The van der Waals surface area contributed by atoms with Crippen LogP contribution in [0.1, 0.15) is 49.3 Å². The van der Waals surface area contributed by atoms with Crippen LogP contribution in [0, 0.1) is 23.0 Å². The number of benzene rings is 2. The molecule has 12 heteroatoms. The van der Waals surface area contributed by atoms with Crippen molar-refractivity contribution in [3.63, 3.8) is 0 Å². The molecule has 5 rings (SSSR count). The van der Waals surface area contributed by atoms with Crippen LogP contribution in [0.2, 0.25) is 0 Å². The third-order valence-electron chi connectivity index (χ3n) is 8.77. The van der Waals surface area contributed by atoms with Crippen molar-refractivity contribution < 1.29 is 33.0 Å². The number of aliphatic carboxylic acids is 1. The fraction of sp³-hybridized carbons (Fsp3) is 0.419. The molecule has 0 bridgehead atoms. The van der Waals surface area contributed by atoms with Crippen LogP contribution >= 0.6 is 0 Å². The lowest BCUT2D eigenvalue weighted by Gasteiger charge is -2.40. The highest BCUT2D eigenvalue weighted by atomic mass is 19.2. The van der Waals surface area contributed by atoms with Gasteiger partial charge in [0.1, 0.15) is 6.04 Å². The Hall–Kier alpha value is -4.34.